The van der Waals surface area contributed by atoms with Crippen LogP contribution in [-0.4, -0.2) is 15.0 Å². The summed E-state index contributed by atoms with van der Waals surface area (Å²) in [5.74, 6) is 0. The van der Waals surface area contributed by atoms with Gasteiger partial charge in [0.1, 0.15) is 10.8 Å². The van der Waals surface area contributed by atoms with Crippen LogP contribution in [0, 0.1) is 13.8 Å². The quantitative estimate of drug-likeness (QED) is 0.481. The third kappa shape index (κ3) is 1.36. The summed E-state index contributed by atoms with van der Waals surface area (Å²) in [5, 5.41) is 5.05. The minimum absolute atomic E-state index is 0.559. The number of halogens is 1. The zero-order valence-electron chi connectivity index (χ0n) is 11.2. The summed E-state index contributed by atoms with van der Waals surface area (Å²) in [6, 6.07) is 6.06. The van der Waals surface area contributed by atoms with Gasteiger partial charge < -0.3 is 4.98 Å². The maximum atomic E-state index is 6.32. The van der Waals surface area contributed by atoms with Crippen molar-refractivity contribution in [1.82, 2.24) is 15.0 Å². The Morgan fingerprint density at radius 1 is 0.950 bits per heavy atom. The first kappa shape index (κ1) is 11.7. The Hall–Kier alpha value is -2.13. The van der Waals surface area contributed by atoms with Crippen molar-refractivity contribution >= 4 is 44.3 Å². The van der Waals surface area contributed by atoms with Gasteiger partial charge in [-0.1, -0.05) is 11.6 Å². The highest BCUT2D eigenvalue weighted by molar-refractivity contribution is 6.35. The molecule has 0 bridgehead atoms. The monoisotopic (exact) mass is 281 g/mol. The first-order valence-corrected chi connectivity index (χ1v) is 6.86. The average molecular weight is 282 g/mol. The van der Waals surface area contributed by atoms with E-state index in [0.717, 1.165) is 32.9 Å². The van der Waals surface area contributed by atoms with Crippen LogP contribution in [0.3, 0.4) is 0 Å². The molecule has 4 rings (SSSR count). The topological polar surface area (TPSA) is 41.6 Å². The average Bonchev–Trinajstić information content (AvgIpc) is 2.84. The largest absolute Gasteiger partial charge is 0.339 e. The van der Waals surface area contributed by atoms with Crippen molar-refractivity contribution in [3.8, 4) is 0 Å². The molecule has 1 aromatic carbocycles. The van der Waals surface area contributed by atoms with E-state index in [4.69, 9.17) is 11.6 Å². The first-order valence-electron chi connectivity index (χ1n) is 6.48. The number of aryl methyl sites for hydroxylation is 2. The fraction of sp³-hybridized carbons (Fsp3) is 0.125. The molecule has 0 atom stereocenters. The van der Waals surface area contributed by atoms with Crippen LogP contribution in [-0.2, 0) is 0 Å². The molecule has 0 aliphatic heterocycles. The van der Waals surface area contributed by atoms with Crippen molar-refractivity contribution in [2.45, 2.75) is 13.8 Å². The molecule has 1 N–H and O–H groups in total. The summed E-state index contributed by atoms with van der Waals surface area (Å²) >= 11 is 6.32. The molecule has 0 saturated heterocycles. The number of nitrogens with one attached hydrogen (secondary N) is 1. The van der Waals surface area contributed by atoms with Crippen LogP contribution in [0.2, 0.25) is 5.15 Å². The van der Waals surface area contributed by atoms with Crippen molar-refractivity contribution in [2.24, 2.45) is 0 Å². The molecule has 20 heavy (non-hydrogen) atoms. The summed E-state index contributed by atoms with van der Waals surface area (Å²) in [4.78, 5) is 12.1. The number of aromatic amines is 1. The highest BCUT2D eigenvalue weighted by atomic mass is 35.5. The van der Waals surface area contributed by atoms with Gasteiger partial charge >= 0.3 is 0 Å². The Morgan fingerprint density at radius 2 is 1.80 bits per heavy atom. The van der Waals surface area contributed by atoms with E-state index in [0.29, 0.717) is 5.15 Å². The second-order valence-corrected chi connectivity index (χ2v) is 5.41. The van der Waals surface area contributed by atoms with Crippen LogP contribution >= 0.6 is 11.6 Å². The van der Waals surface area contributed by atoms with E-state index in [1.807, 2.05) is 12.1 Å². The summed E-state index contributed by atoms with van der Waals surface area (Å²) in [6.45, 7) is 4.20. The SMILES string of the molecule is Cc1c2ccnc(Cl)c2c(C)c2c1[nH]c1ncccc12. The smallest absolute Gasteiger partial charge is 0.138 e. The van der Waals surface area contributed by atoms with Crippen molar-refractivity contribution < 1.29 is 0 Å². The molecule has 0 spiro atoms. The standard InChI is InChI=1S/C16H12ClN3/c1-8-10-5-7-18-15(17)13(10)9(2)12-11-4-3-6-19-16(11)20-14(8)12/h3-7H,1-2H3,(H,19,20). The van der Waals surface area contributed by atoms with E-state index in [1.165, 1.54) is 10.9 Å². The lowest BCUT2D eigenvalue weighted by molar-refractivity contribution is 1.33. The molecule has 0 aliphatic carbocycles. The lowest BCUT2D eigenvalue weighted by Gasteiger charge is -2.09. The summed E-state index contributed by atoms with van der Waals surface area (Å²) in [5.41, 5.74) is 4.37. The van der Waals surface area contributed by atoms with E-state index in [1.54, 1.807) is 12.4 Å². The van der Waals surface area contributed by atoms with Gasteiger partial charge in [-0.05, 0) is 48.6 Å². The molecule has 4 heteroatoms. The Balaban J connectivity index is 2.40. The minimum atomic E-state index is 0.559. The Morgan fingerprint density at radius 3 is 2.65 bits per heavy atom. The van der Waals surface area contributed by atoms with Gasteiger partial charge in [0.25, 0.3) is 0 Å². The van der Waals surface area contributed by atoms with Gasteiger partial charge in [0.05, 0.1) is 5.52 Å². The predicted octanol–water partition coefficient (Wildman–Crippen LogP) is 4.53. The zero-order chi connectivity index (χ0) is 13.9. The Kier molecular flexibility index (Phi) is 2.30. The lowest BCUT2D eigenvalue weighted by Crippen LogP contribution is -1.89. The molecule has 3 nitrogen and oxygen atoms in total. The number of hydrogen-bond donors (Lipinski definition) is 1. The summed E-state index contributed by atoms with van der Waals surface area (Å²) in [6.07, 6.45) is 3.56. The van der Waals surface area contributed by atoms with Crippen molar-refractivity contribution in [2.75, 3.05) is 0 Å². The highest BCUT2D eigenvalue weighted by Crippen LogP contribution is 2.37. The number of H-pyrrole nitrogens is 1. The van der Waals surface area contributed by atoms with E-state index >= 15 is 0 Å². The van der Waals surface area contributed by atoms with Crippen LogP contribution < -0.4 is 0 Å². The second kappa shape index (κ2) is 3.93. The maximum Gasteiger partial charge on any atom is 0.138 e. The van der Waals surface area contributed by atoms with Gasteiger partial charge in [0, 0.05) is 28.6 Å². The van der Waals surface area contributed by atoms with Gasteiger partial charge in [-0.2, -0.15) is 0 Å². The van der Waals surface area contributed by atoms with Crippen LogP contribution in [0.25, 0.3) is 32.7 Å². The van der Waals surface area contributed by atoms with Crippen LogP contribution in [0.1, 0.15) is 11.1 Å². The minimum Gasteiger partial charge on any atom is -0.339 e. The molecule has 0 radical (unpaired) electrons. The molecule has 3 aromatic heterocycles. The second-order valence-electron chi connectivity index (χ2n) is 5.05. The number of hydrogen-bond acceptors (Lipinski definition) is 2. The van der Waals surface area contributed by atoms with Crippen molar-refractivity contribution in [3.63, 3.8) is 0 Å². The molecule has 4 aromatic rings. The van der Waals surface area contributed by atoms with E-state index in [2.05, 4.69) is 34.9 Å². The van der Waals surface area contributed by atoms with Gasteiger partial charge in [-0.25, -0.2) is 9.97 Å². The zero-order valence-corrected chi connectivity index (χ0v) is 11.9. The third-order valence-corrected chi connectivity index (χ3v) is 4.29. The van der Waals surface area contributed by atoms with Crippen LogP contribution in [0.4, 0.5) is 0 Å². The molecular formula is C16H12ClN3. The van der Waals surface area contributed by atoms with Gasteiger partial charge in [-0.15, -0.1) is 0 Å². The Labute approximate surface area is 120 Å². The molecular weight excluding hydrogens is 270 g/mol. The normalized spacial score (nSPS) is 11.8. The Bertz CT molecular complexity index is 985. The van der Waals surface area contributed by atoms with Crippen molar-refractivity contribution in [1.29, 1.82) is 0 Å². The molecule has 0 fully saturated rings. The summed E-state index contributed by atoms with van der Waals surface area (Å²) < 4.78 is 0. The third-order valence-electron chi connectivity index (χ3n) is 4.00. The number of fused-ring (bicyclic) bond motifs is 4. The molecule has 3 heterocycles. The van der Waals surface area contributed by atoms with Gasteiger partial charge in [0.2, 0.25) is 0 Å². The van der Waals surface area contributed by atoms with Crippen LogP contribution in [0.15, 0.2) is 30.6 Å². The number of pyridine rings is 2. The molecule has 0 unspecified atom stereocenters. The maximum absolute atomic E-state index is 6.32. The fourth-order valence-electron chi connectivity index (χ4n) is 3.06. The van der Waals surface area contributed by atoms with Crippen LogP contribution in [0.5, 0.6) is 0 Å². The van der Waals surface area contributed by atoms with E-state index in [-0.39, 0.29) is 0 Å². The number of rotatable bonds is 0. The van der Waals surface area contributed by atoms with Gasteiger partial charge in [0.15, 0.2) is 0 Å². The molecule has 0 aliphatic rings. The van der Waals surface area contributed by atoms with Gasteiger partial charge in [-0.3, -0.25) is 0 Å². The van der Waals surface area contributed by atoms with E-state index < -0.39 is 0 Å². The van der Waals surface area contributed by atoms with E-state index in [9.17, 15) is 0 Å². The number of benzene rings is 1. The number of aromatic nitrogens is 3. The predicted molar refractivity (Wildman–Crippen MR) is 83.4 cm³/mol. The fourth-order valence-corrected chi connectivity index (χ4v) is 3.36. The highest BCUT2D eigenvalue weighted by Gasteiger charge is 2.16. The first-order chi connectivity index (χ1) is 9.68. The molecule has 0 amide bonds. The van der Waals surface area contributed by atoms with Crippen molar-refractivity contribution in [3.05, 3.63) is 46.9 Å². The lowest BCUT2D eigenvalue weighted by atomic mass is 9.97. The number of nitrogens with zero attached hydrogens (tertiary/aromatic N) is 2. The molecule has 0 saturated carbocycles. The summed E-state index contributed by atoms with van der Waals surface area (Å²) in [7, 11) is 0. The molecule has 98 valence electrons.